The minimum absolute atomic E-state index is 0.0519. The Labute approximate surface area is 241 Å². The second kappa shape index (κ2) is 12.8. The van der Waals surface area contributed by atoms with Gasteiger partial charge in [0.1, 0.15) is 17.2 Å². The molecule has 4 rings (SSSR count). The molecule has 39 heavy (non-hydrogen) atoms. The minimum atomic E-state index is -0.327. The van der Waals surface area contributed by atoms with Crippen LogP contribution in [-0.4, -0.2) is 69.3 Å². The van der Waals surface area contributed by atoms with Crippen LogP contribution < -0.4 is 29.7 Å². The van der Waals surface area contributed by atoms with Crippen LogP contribution in [0.3, 0.4) is 0 Å². The average molecular weight is 614 g/mol. The van der Waals surface area contributed by atoms with Crippen molar-refractivity contribution >= 4 is 56.4 Å². The van der Waals surface area contributed by atoms with Gasteiger partial charge in [-0.1, -0.05) is 0 Å². The van der Waals surface area contributed by atoms with Gasteiger partial charge in [0.2, 0.25) is 0 Å². The van der Waals surface area contributed by atoms with E-state index < -0.39 is 0 Å². The van der Waals surface area contributed by atoms with Crippen molar-refractivity contribution in [2.45, 2.75) is 0 Å². The van der Waals surface area contributed by atoms with E-state index in [0.717, 1.165) is 11.4 Å². The number of benzene rings is 3. The summed E-state index contributed by atoms with van der Waals surface area (Å²) in [5.74, 6) is 1.42. The number of rotatable bonds is 7. The molecule has 1 saturated heterocycles. The van der Waals surface area contributed by atoms with Gasteiger partial charge in [-0.2, -0.15) is 0 Å². The van der Waals surface area contributed by atoms with E-state index in [1.54, 1.807) is 57.7 Å². The Kier molecular flexibility index (Phi) is 9.26. The number of carbonyl (C=O) groups excluding carboxylic acids is 2. The third kappa shape index (κ3) is 6.98. The van der Waals surface area contributed by atoms with Crippen molar-refractivity contribution in [3.05, 3.63) is 76.3 Å². The molecule has 0 radical (unpaired) electrons. The maximum atomic E-state index is 13.1. The zero-order valence-electron chi connectivity index (χ0n) is 21.8. The highest BCUT2D eigenvalue weighted by Gasteiger charge is 2.23. The molecule has 1 fully saturated rings. The zero-order valence-corrected chi connectivity index (χ0v) is 24.2. The lowest BCUT2D eigenvalue weighted by atomic mass is 10.1. The van der Waals surface area contributed by atoms with E-state index in [1.165, 1.54) is 0 Å². The van der Waals surface area contributed by atoms with Gasteiger partial charge in [-0.25, -0.2) is 0 Å². The fourth-order valence-electron chi connectivity index (χ4n) is 4.18. The first-order chi connectivity index (χ1) is 18.8. The van der Waals surface area contributed by atoms with Gasteiger partial charge in [0.15, 0.2) is 5.11 Å². The lowest BCUT2D eigenvalue weighted by Crippen LogP contribution is -2.48. The maximum Gasteiger partial charge on any atom is 0.257 e. The van der Waals surface area contributed by atoms with Gasteiger partial charge in [0.05, 0.1) is 25.8 Å². The van der Waals surface area contributed by atoms with Crippen LogP contribution in [0.1, 0.15) is 20.7 Å². The third-order valence-corrected chi connectivity index (χ3v) is 7.12. The number of nitrogens with one attached hydrogen (secondary N) is 2. The normalized spacial score (nSPS) is 12.9. The molecule has 1 aliphatic rings. The predicted molar refractivity (Wildman–Crippen MR) is 158 cm³/mol. The van der Waals surface area contributed by atoms with E-state index in [1.807, 2.05) is 29.2 Å². The number of piperazine rings is 1. The molecule has 1 heterocycles. The minimum Gasteiger partial charge on any atom is -0.497 e. The van der Waals surface area contributed by atoms with Crippen LogP contribution in [0.2, 0.25) is 0 Å². The number of hydrogen-bond donors (Lipinski definition) is 2. The van der Waals surface area contributed by atoms with Crippen LogP contribution in [-0.2, 0) is 0 Å². The zero-order chi connectivity index (χ0) is 27.9. The average Bonchev–Trinajstić information content (AvgIpc) is 2.96. The third-order valence-electron chi connectivity index (χ3n) is 6.30. The number of anilines is 2. The number of halogens is 1. The molecule has 3 aromatic carbocycles. The Morgan fingerprint density at radius 3 is 2.03 bits per heavy atom. The maximum absolute atomic E-state index is 13.1. The molecule has 0 saturated carbocycles. The smallest absolute Gasteiger partial charge is 0.257 e. The number of amides is 2. The highest BCUT2D eigenvalue weighted by molar-refractivity contribution is 9.10. The lowest BCUT2D eigenvalue weighted by molar-refractivity contribution is 0.0745. The van der Waals surface area contributed by atoms with Crippen molar-refractivity contribution in [2.24, 2.45) is 0 Å². The van der Waals surface area contributed by atoms with Gasteiger partial charge in [-0.05, 0) is 82.7 Å². The van der Waals surface area contributed by atoms with E-state index >= 15 is 0 Å². The molecule has 2 N–H and O–H groups in total. The van der Waals surface area contributed by atoms with Gasteiger partial charge in [0, 0.05) is 54.7 Å². The number of ether oxygens (including phenoxy) is 3. The number of carbonyl (C=O) groups is 2. The summed E-state index contributed by atoms with van der Waals surface area (Å²) in [7, 11) is 4.69. The first kappa shape index (κ1) is 28.2. The summed E-state index contributed by atoms with van der Waals surface area (Å²) in [6, 6.07) is 18.0. The molecule has 2 amide bonds. The lowest BCUT2D eigenvalue weighted by Gasteiger charge is -2.36. The topological polar surface area (TPSA) is 92.4 Å². The molecule has 9 nitrogen and oxygen atoms in total. The molecule has 0 atom stereocenters. The molecule has 1 aliphatic heterocycles. The monoisotopic (exact) mass is 612 g/mol. The molecule has 3 aromatic rings. The summed E-state index contributed by atoms with van der Waals surface area (Å²) in [6.07, 6.45) is 0. The van der Waals surface area contributed by atoms with Crippen LogP contribution in [0.4, 0.5) is 11.4 Å². The van der Waals surface area contributed by atoms with Crippen molar-refractivity contribution in [2.75, 3.05) is 57.7 Å². The largest absolute Gasteiger partial charge is 0.497 e. The molecule has 0 aromatic heterocycles. The molecule has 0 unspecified atom stereocenters. The number of thiocarbonyl (C=S) groups is 1. The van der Waals surface area contributed by atoms with Crippen LogP contribution in [0.15, 0.2) is 65.1 Å². The van der Waals surface area contributed by atoms with Crippen LogP contribution in [0.25, 0.3) is 0 Å². The molecule has 0 aliphatic carbocycles. The van der Waals surface area contributed by atoms with Gasteiger partial charge < -0.3 is 29.3 Å². The number of methoxy groups -OCH3 is 3. The van der Waals surface area contributed by atoms with Crippen molar-refractivity contribution in [1.29, 1.82) is 0 Å². The fourth-order valence-corrected chi connectivity index (χ4v) is 4.93. The number of nitrogens with zero attached hydrogens (tertiary/aromatic N) is 2. The standard InChI is InChI=1S/C28H29BrN4O5S/c1-36-22-14-19(15-23(17-22)37-2)27(35)33-12-10-32(11-13-33)21-7-5-20(6-8-21)30-28(39)31-26(34)18-4-9-25(38-3)24(29)16-18/h4-9,14-17H,10-13H2,1-3H3,(H2,30,31,34,39). The Hall–Kier alpha value is -3.83. The van der Waals surface area contributed by atoms with E-state index in [9.17, 15) is 9.59 Å². The first-order valence-electron chi connectivity index (χ1n) is 12.1. The van der Waals surface area contributed by atoms with Crippen LogP contribution >= 0.6 is 28.1 Å². The Morgan fingerprint density at radius 2 is 1.46 bits per heavy atom. The SMILES string of the molecule is COc1cc(OC)cc(C(=O)N2CCN(c3ccc(NC(=S)NC(=O)c4ccc(OC)c(Br)c4)cc3)CC2)c1. The van der Waals surface area contributed by atoms with Crippen molar-refractivity contribution in [3.8, 4) is 17.2 Å². The van der Waals surface area contributed by atoms with Gasteiger partial charge in [-0.15, -0.1) is 0 Å². The Balaban J connectivity index is 1.30. The predicted octanol–water partition coefficient (Wildman–Crippen LogP) is 4.56. The number of hydrogen-bond acceptors (Lipinski definition) is 7. The molecular formula is C28H29BrN4O5S. The highest BCUT2D eigenvalue weighted by atomic mass is 79.9. The quantitative estimate of drug-likeness (QED) is 0.375. The van der Waals surface area contributed by atoms with Gasteiger partial charge >= 0.3 is 0 Å². The summed E-state index contributed by atoms with van der Waals surface area (Å²) in [4.78, 5) is 29.7. The molecule has 11 heteroatoms. The second-order valence-corrected chi connectivity index (χ2v) is 9.95. The summed E-state index contributed by atoms with van der Waals surface area (Å²) in [6.45, 7) is 2.59. The highest BCUT2D eigenvalue weighted by Crippen LogP contribution is 2.26. The van der Waals surface area contributed by atoms with Crippen molar-refractivity contribution in [1.82, 2.24) is 10.2 Å². The van der Waals surface area contributed by atoms with E-state index in [0.29, 0.717) is 59.0 Å². The fraction of sp³-hybridized carbons (Fsp3) is 0.250. The van der Waals surface area contributed by atoms with Gasteiger partial charge in [0.25, 0.3) is 11.8 Å². The molecule has 0 bridgehead atoms. The summed E-state index contributed by atoms with van der Waals surface area (Å²) in [5, 5.41) is 5.92. The molecule has 204 valence electrons. The molecular weight excluding hydrogens is 584 g/mol. The van der Waals surface area contributed by atoms with Crippen molar-refractivity contribution < 1.29 is 23.8 Å². The summed E-state index contributed by atoms with van der Waals surface area (Å²) < 4.78 is 16.5. The summed E-state index contributed by atoms with van der Waals surface area (Å²) in [5.41, 5.74) is 2.78. The molecule has 0 spiro atoms. The second-order valence-electron chi connectivity index (χ2n) is 8.69. The van der Waals surface area contributed by atoms with E-state index in [4.69, 9.17) is 26.4 Å². The van der Waals surface area contributed by atoms with Crippen LogP contribution in [0, 0.1) is 0 Å². The first-order valence-corrected chi connectivity index (χ1v) is 13.3. The summed E-state index contributed by atoms with van der Waals surface area (Å²) >= 11 is 8.70. The Bertz CT molecular complexity index is 1340. The van der Waals surface area contributed by atoms with E-state index in [2.05, 4.69) is 31.5 Å². The van der Waals surface area contributed by atoms with E-state index in [-0.39, 0.29) is 16.9 Å². The van der Waals surface area contributed by atoms with Gasteiger partial charge in [-0.3, -0.25) is 14.9 Å². The van der Waals surface area contributed by atoms with Crippen molar-refractivity contribution in [3.63, 3.8) is 0 Å². The van der Waals surface area contributed by atoms with Crippen LogP contribution in [0.5, 0.6) is 17.2 Å². The Morgan fingerprint density at radius 1 is 0.821 bits per heavy atom.